The van der Waals surface area contributed by atoms with Gasteiger partial charge in [0.1, 0.15) is 11.4 Å². The highest BCUT2D eigenvalue weighted by Gasteiger charge is 2.21. The summed E-state index contributed by atoms with van der Waals surface area (Å²) in [4.78, 5) is 4.05. The number of hydrogen-bond acceptors (Lipinski definition) is 5. The number of rotatable bonds is 1. The highest BCUT2D eigenvalue weighted by atomic mass is 16.3. The van der Waals surface area contributed by atoms with E-state index in [1.807, 2.05) is 26.0 Å². The van der Waals surface area contributed by atoms with Crippen molar-refractivity contribution in [2.75, 3.05) is 5.73 Å². The molecule has 1 aliphatic rings. The van der Waals surface area contributed by atoms with Crippen LogP contribution in [0.4, 0.5) is 5.95 Å². The van der Waals surface area contributed by atoms with Crippen LogP contribution in [0.25, 0.3) is 11.3 Å². The summed E-state index contributed by atoms with van der Waals surface area (Å²) in [5.41, 5.74) is 9.63. The van der Waals surface area contributed by atoms with Gasteiger partial charge in [-0.3, -0.25) is 0 Å². The standard InChI is InChI=1S/C12H12N4O.C2H6/c1-6-10(15-16-12(13)14-6)9-5-3-7-2-4-8(7)11(9)17;1-2/h3,5,17H,2,4H2,1H3,(H2,13,14,16);1-2H3. The van der Waals surface area contributed by atoms with Crippen LogP contribution in [-0.4, -0.2) is 20.3 Å². The molecule has 0 saturated heterocycles. The van der Waals surface area contributed by atoms with Gasteiger partial charge < -0.3 is 10.8 Å². The van der Waals surface area contributed by atoms with E-state index in [0.717, 1.165) is 18.4 Å². The van der Waals surface area contributed by atoms with Crippen molar-refractivity contribution in [2.45, 2.75) is 33.6 Å². The van der Waals surface area contributed by atoms with E-state index < -0.39 is 0 Å². The van der Waals surface area contributed by atoms with Gasteiger partial charge in [0.25, 0.3) is 0 Å². The Kier molecular flexibility index (Phi) is 3.64. The van der Waals surface area contributed by atoms with E-state index in [9.17, 15) is 5.11 Å². The Labute approximate surface area is 112 Å². The predicted octanol–water partition coefficient (Wildman–Crippen LogP) is 2.26. The fourth-order valence-electron chi connectivity index (χ4n) is 2.13. The second kappa shape index (κ2) is 5.22. The Bertz CT molecular complexity index is 611. The van der Waals surface area contributed by atoms with Gasteiger partial charge in [0.2, 0.25) is 5.95 Å². The largest absolute Gasteiger partial charge is 0.507 e. The van der Waals surface area contributed by atoms with E-state index in [0.29, 0.717) is 22.7 Å². The van der Waals surface area contributed by atoms with Gasteiger partial charge in [0, 0.05) is 5.56 Å². The van der Waals surface area contributed by atoms with Gasteiger partial charge in [-0.2, -0.15) is 0 Å². The number of aryl methyl sites for hydroxylation is 2. The summed E-state index contributed by atoms with van der Waals surface area (Å²) in [5, 5.41) is 17.9. The zero-order chi connectivity index (χ0) is 14.0. The van der Waals surface area contributed by atoms with Crippen LogP contribution in [0.15, 0.2) is 12.1 Å². The highest BCUT2D eigenvalue weighted by Crippen LogP contribution is 2.39. The van der Waals surface area contributed by atoms with Crippen molar-refractivity contribution in [3.63, 3.8) is 0 Å². The predicted molar refractivity (Wildman–Crippen MR) is 74.8 cm³/mol. The molecule has 0 bridgehead atoms. The molecule has 0 atom stereocenters. The second-order valence-electron chi connectivity index (χ2n) is 4.20. The van der Waals surface area contributed by atoms with Crippen LogP contribution in [0.3, 0.4) is 0 Å². The van der Waals surface area contributed by atoms with Crippen molar-refractivity contribution in [3.05, 3.63) is 29.0 Å². The molecule has 0 unspecified atom stereocenters. The summed E-state index contributed by atoms with van der Waals surface area (Å²) in [6.07, 6.45) is 1.96. The van der Waals surface area contributed by atoms with Crippen LogP contribution in [-0.2, 0) is 12.8 Å². The summed E-state index contributed by atoms with van der Waals surface area (Å²) < 4.78 is 0. The molecule has 19 heavy (non-hydrogen) atoms. The van der Waals surface area contributed by atoms with Crippen molar-refractivity contribution < 1.29 is 5.11 Å². The molecule has 0 fully saturated rings. The highest BCUT2D eigenvalue weighted by molar-refractivity contribution is 5.72. The normalized spacial score (nSPS) is 11.9. The van der Waals surface area contributed by atoms with Crippen molar-refractivity contribution in [1.29, 1.82) is 0 Å². The minimum absolute atomic E-state index is 0.148. The second-order valence-corrected chi connectivity index (χ2v) is 4.20. The van der Waals surface area contributed by atoms with E-state index in [1.165, 1.54) is 5.56 Å². The average Bonchev–Trinajstić information content (AvgIpc) is 2.35. The topological polar surface area (TPSA) is 84.9 Å². The summed E-state index contributed by atoms with van der Waals surface area (Å²) in [6, 6.07) is 3.88. The number of phenols is 1. The van der Waals surface area contributed by atoms with Crippen LogP contribution >= 0.6 is 0 Å². The van der Waals surface area contributed by atoms with E-state index in [4.69, 9.17) is 5.73 Å². The first-order valence-corrected chi connectivity index (χ1v) is 6.47. The molecule has 3 rings (SSSR count). The number of hydrogen-bond donors (Lipinski definition) is 2. The molecule has 2 aromatic rings. The van der Waals surface area contributed by atoms with Gasteiger partial charge in [-0.15, -0.1) is 10.2 Å². The average molecular weight is 258 g/mol. The maximum Gasteiger partial charge on any atom is 0.240 e. The summed E-state index contributed by atoms with van der Waals surface area (Å²) in [6.45, 7) is 5.80. The molecule has 1 aliphatic carbocycles. The number of aromatic hydroxyl groups is 1. The maximum atomic E-state index is 10.2. The maximum absolute atomic E-state index is 10.2. The van der Waals surface area contributed by atoms with Crippen molar-refractivity contribution >= 4 is 5.95 Å². The van der Waals surface area contributed by atoms with E-state index in [1.54, 1.807) is 6.92 Å². The molecule has 5 heteroatoms. The molecular formula is C14H18N4O. The molecule has 1 aromatic heterocycles. The summed E-state index contributed by atoms with van der Waals surface area (Å²) >= 11 is 0. The third kappa shape index (κ3) is 2.23. The SMILES string of the molecule is CC.Cc1nc(N)nnc1-c1ccc2c(c1O)CC2. The Hall–Kier alpha value is -2.17. The van der Waals surface area contributed by atoms with Crippen LogP contribution in [0.5, 0.6) is 5.75 Å². The molecule has 0 amide bonds. The molecule has 0 saturated carbocycles. The van der Waals surface area contributed by atoms with Gasteiger partial charge in [-0.1, -0.05) is 19.9 Å². The summed E-state index contributed by atoms with van der Waals surface area (Å²) in [5.74, 6) is 0.451. The lowest BCUT2D eigenvalue weighted by Crippen LogP contribution is -2.09. The van der Waals surface area contributed by atoms with Crippen molar-refractivity contribution in [2.24, 2.45) is 0 Å². The zero-order valence-corrected chi connectivity index (χ0v) is 11.4. The smallest absolute Gasteiger partial charge is 0.240 e. The first-order chi connectivity index (χ1) is 9.16. The Morgan fingerprint density at radius 2 is 1.89 bits per heavy atom. The Morgan fingerprint density at radius 1 is 1.16 bits per heavy atom. The molecule has 3 N–H and O–H groups in total. The molecule has 100 valence electrons. The fraction of sp³-hybridized carbons (Fsp3) is 0.357. The first-order valence-electron chi connectivity index (χ1n) is 6.47. The first kappa shape index (κ1) is 13.3. The van der Waals surface area contributed by atoms with Crippen molar-refractivity contribution in [3.8, 4) is 17.0 Å². The number of nitrogens with zero attached hydrogens (tertiary/aromatic N) is 3. The molecule has 0 radical (unpaired) electrons. The zero-order valence-electron chi connectivity index (χ0n) is 11.4. The van der Waals surface area contributed by atoms with Crippen LogP contribution < -0.4 is 5.73 Å². The third-order valence-electron chi connectivity index (χ3n) is 3.16. The van der Waals surface area contributed by atoms with Gasteiger partial charge in [0.05, 0.1) is 5.69 Å². The lowest BCUT2D eigenvalue weighted by molar-refractivity contribution is 0.463. The van der Waals surface area contributed by atoms with E-state index in [2.05, 4.69) is 15.2 Å². The number of nitrogen functional groups attached to an aromatic ring is 1. The number of fused-ring (bicyclic) bond motifs is 1. The molecule has 0 spiro atoms. The molecule has 1 aromatic carbocycles. The van der Waals surface area contributed by atoms with Gasteiger partial charge >= 0.3 is 0 Å². The number of anilines is 1. The van der Waals surface area contributed by atoms with Gasteiger partial charge in [-0.05, 0) is 37.0 Å². The Morgan fingerprint density at radius 3 is 2.47 bits per heavy atom. The monoisotopic (exact) mass is 258 g/mol. The third-order valence-corrected chi connectivity index (χ3v) is 3.16. The molecule has 5 nitrogen and oxygen atoms in total. The summed E-state index contributed by atoms with van der Waals surface area (Å²) in [7, 11) is 0. The molecular weight excluding hydrogens is 240 g/mol. The minimum atomic E-state index is 0.148. The number of phenolic OH excluding ortho intramolecular Hbond substituents is 1. The van der Waals surface area contributed by atoms with Gasteiger partial charge in [0.15, 0.2) is 0 Å². The van der Waals surface area contributed by atoms with Crippen LogP contribution in [0.1, 0.15) is 30.7 Å². The fourth-order valence-corrected chi connectivity index (χ4v) is 2.13. The Balaban J connectivity index is 0.000000637. The van der Waals surface area contributed by atoms with Crippen LogP contribution in [0.2, 0.25) is 0 Å². The van der Waals surface area contributed by atoms with E-state index in [-0.39, 0.29) is 5.95 Å². The number of nitrogens with two attached hydrogens (primary N) is 1. The number of aromatic nitrogens is 3. The van der Waals surface area contributed by atoms with Crippen molar-refractivity contribution in [1.82, 2.24) is 15.2 Å². The quantitative estimate of drug-likeness (QED) is 0.819. The van der Waals surface area contributed by atoms with E-state index >= 15 is 0 Å². The minimum Gasteiger partial charge on any atom is -0.507 e. The van der Waals surface area contributed by atoms with Gasteiger partial charge in [-0.25, -0.2) is 4.98 Å². The molecule has 1 heterocycles. The molecule has 0 aliphatic heterocycles. The lowest BCUT2D eigenvalue weighted by Gasteiger charge is -2.21. The van der Waals surface area contributed by atoms with Crippen LogP contribution in [0, 0.1) is 6.92 Å². The number of benzene rings is 1. The lowest BCUT2D eigenvalue weighted by atomic mass is 9.85.